The summed E-state index contributed by atoms with van der Waals surface area (Å²) in [5.74, 6) is 0.682. The van der Waals surface area contributed by atoms with E-state index < -0.39 is 0 Å². The van der Waals surface area contributed by atoms with Crippen LogP contribution in [0.2, 0.25) is 0 Å². The van der Waals surface area contributed by atoms with Gasteiger partial charge in [-0.3, -0.25) is 0 Å². The molecule has 0 aromatic heterocycles. The van der Waals surface area contributed by atoms with E-state index in [0.29, 0.717) is 5.92 Å². The molecule has 1 heterocycles. The molecule has 0 radical (unpaired) electrons. The lowest BCUT2D eigenvalue weighted by Crippen LogP contribution is -2.42. The third-order valence-electron chi connectivity index (χ3n) is 3.61. The molecule has 3 nitrogen and oxygen atoms in total. The molecule has 0 aliphatic carbocycles. The van der Waals surface area contributed by atoms with Crippen LogP contribution in [0.15, 0.2) is 24.3 Å². The summed E-state index contributed by atoms with van der Waals surface area (Å²) in [7, 11) is 2.18. The van der Waals surface area contributed by atoms with E-state index in [9.17, 15) is 0 Å². The summed E-state index contributed by atoms with van der Waals surface area (Å²) in [6, 6.07) is 8.72. The second kappa shape index (κ2) is 6.10. The molecule has 1 aromatic rings. The Kier molecular flexibility index (Phi) is 4.48. The summed E-state index contributed by atoms with van der Waals surface area (Å²) in [5, 5.41) is 3.43. The average molecular weight is 247 g/mol. The number of hydrogen-bond acceptors (Lipinski definition) is 3. The van der Waals surface area contributed by atoms with E-state index in [0.717, 1.165) is 32.7 Å². The standard InChI is InChI=1S/C15H25N3/c1-4-16-11-13(2)12-18-10-9-17(3)14-7-5-6-8-15(14)18/h5-8,13,16H,4,9-12H2,1-3H3. The molecule has 0 saturated carbocycles. The van der Waals surface area contributed by atoms with Crippen molar-refractivity contribution in [2.45, 2.75) is 13.8 Å². The molecule has 1 N–H and O–H groups in total. The Bertz CT molecular complexity index is 378. The molecule has 1 unspecified atom stereocenters. The number of benzene rings is 1. The van der Waals surface area contributed by atoms with E-state index in [2.05, 4.69) is 60.3 Å². The maximum atomic E-state index is 3.43. The summed E-state index contributed by atoms with van der Waals surface area (Å²) in [4.78, 5) is 4.87. The monoisotopic (exact) mass is 247 g/mol. The molecular weight excluding hydrogens is 222 g/mol. The van der Waals surface area contributed by atoms with Crippen LogP contribution < -0.4 is 15.1 Å². The number of fused-ring (bicyclic) bond motifs is 1. The molecule has 100 valence electrons. The predicted molar refractivity (Wildman–Crippen MR) is 79.6 cm³/mol. The van der Waals surface area contributed by atoms with E-state index in [1.165, 1.54) is 11.4 Å². The maximum Gasteiger partial charge on any atom is 0.0604 e. The summed E-state index contributed by atoms with van der Waals surface area (Å²) in [6.07, 6.45) is 0. The summed E-state index contributed by atoms with van der Waals surface area (Å²) in [6.45, 7) is 10.0. The Morgan fingerprint density at radius 3 is 2.67 bits per heavy atom. The number of rotatable bonds is 5. The number of anilines is 2. The molecule has 0 amide bonds. The van der Waals surface area contributed by atoms with Crippen LogP contribution in [0.4, 0.5) is 11.4 Å². The van der Waals surface area contributed by atoms with Gasteiger partial charge in [-0.2, -0.15) is 0 Å². The van der Waals surface area contributed by atoms with Crippen molar-refractivity contribution >= 4 is 11.4 Å². The number of hydrogen-bond donors (Lipinski definition) is 1. The van der Waals surface area contributed by atoms with E-state index >= 15 is 0 Å². The van der Waals surface area contributed by atoms with Gasteiger partial charge in [-0.1, -0.05) is 26.0 Å². The molecular formula is C15H25N3. The number of nitrogens with zero attached hydrogens (tertiary/aromatic N) is 2. The lowest BCUT2D eigenvalue weighted by atomic mass is 10.1. The molecule has 0 saturated heterocycles. The number of nitrogens with one attached hydrogen (secondary N) is 1. The highest BCUT2D eigenvalue weighted by molar-refractivity contribution is 5.73. The van der Waals surface area contributed by atoms with Crippen LogP contribution in [-0.2, 0) is 0 Å². The average Bonchev–Trinajstić information content (AvgIpc) is 2.40. The molecule has 1 atom stereocenters. The van der Waals surface area contributed by atoms with Gasteiger partial charge in [-0.25, -0.2) is 0 Å². The van der Waals surface area contributed by atoms with Gasteiger partial charge in [-0.05, 0) is 31.1 Å². The van der Waals surface area contributed by atoms with E-state index in [4.69, 9.17) is 0 Å². The normalized spacial score (nSPS) is 16.6. The fourth-order valence-electron chi connectivity index (χ4n) is 2.59. The molecule has 2 rings (SSSR count). The minimum atomic E-state index is 0.682. The smallest absolute Gasteiger partial charge is 0.0604 e. The molecule has 1 aliphatic rings. The molecule has 1 aromatic carbocycles. The fraction of sp³-hybridized carbons (Fsp3) is 0.600. The van der Waals surface area contributed by atoms with Crippen molar-refractivity contribution in [3.63, 3.8) is 0 Å². The minimum Gasteiger partial charge on any atom is -0.371 e. The second-order valence-corrected chi connectivity index (χ2v) is 5.27. The van der Waals surface area contributed by atoms with E-state index in [1.807, 2.05) is 0 Å². The summed E-state index contributed by atoms with van der Waals surface area (Å²) in [5.41, 5.74) is 2.74. The third-order valence-corrected chi connectivity index (χ3v) is 3.61. The van der Waals surface area contributed by atoms with Crippen molar-refractivity contribution in [3.05, 3.63) is 24.3 Å². The first-order valence-electron chi connectivity index (χ1n) is 6.98. The van der Waals surface area contributed by atoms with Gasteiger partial charge in [0.2, 0.25) is 0 Å². The first-order chi connectivity index (χ1) is 8.72. The zero-order valence-electron chi connectivity index (χ0n) is 11.8. The largest absolute Gasteiger partial charge is 0.371 e. The molecule has 3 heteroatoms. The summed E-state index contributed by atoms with van der Waals surface area (Å²) >= 11 is 0. The van der Waals surface area contributed by atoms with Crippen LogP contribution in [0.25, 0.3) is 0 Å². The highest BCUT2D eigenvalue weighted by atomic mass is 15.2. The number of likely N-dealkylation sites (N-methyl/N-ethyl adjacent to an activating group) is 1. The van der Waals surface area contributed by atoms with Gasteiger partial charge in [0.25, 0.3) is 0 Å². The zero-order valence-corrected chi connectivity index (χ0v) is 11.8. The number of para-hydroxylation sites is 2. The van der Waals surface area contributed by atoms with Crippen molar-refractivity contribution in [2.75, 3.05) is 49.6 Å². The van der Waals surface area contributed by atoms with Crippen molar-refractivity contribution in [1.82, 2.24) is 5.32 Å². The fourth-order valence-corrected chi connectivity index (χ4v) is 2.59. The lowest BCUT2D eigenvalue weighted by Gasteiger charge is -2.38. The van der Waals surface area contributed by atoms with Gasteiger partial charge in [0, 0.05) is 26.7 Å². The highest BCUT2D eigenvalue weighted by Crippen LogP contribution is 2.31. The van der Waals surface area contributed by atoms with Gasteiger partial charge >= 0.3 is 0 Å². The van der Waals surface area contributed by atoms with Gasteiger partial charge < -0.3 is 15.1 Å². The predicted octanol–water partition coefficient (Wildman–Crippen LogP) is 2.19. The Morgan fingerprint density at radius 1 is 1.22 bits per heavy atom. The minimum absolute atomic E-state index is 0.682. The van der Waals surface area contributed by atoms with Gasteiger partial charge in [0.1, 0.15) is 0 Å². The van der Waals surface area contributed by atoms with Gasteiger partial charge in [-0.15, -0.1) is 0 Å². The molecule has 0 spiro atoms. The first-order valence-corrected chi connectivity index (χ1v) is 6.98. The summed E-state index contributed by atoms with van der Waals surface area (Å²) < 4.78 is 0. The quantitative estimate of drug-likeness (QED) is 0.860. The maximum absolute atomic E-state index is 3.43. The Balaban J connectivity index is 2.04. The lowest BCUT2D eigenvalue weighted by molar-refractivity contribution is 0.509. The first kappa shape index (κ1) is 13.2. The van der Waals surface area contributed by atoms with Crippen LogP contribution in [0, 0.1) is 5.92 Å². The Hall–Kier alpha value is -1.22. The van der Waals surface area contributed by atoms with Crippen LogP contribution in [0.1, 0.15) is 13.8 Å². The van der Waals surface area contributed by atoms with Crippen molar-refractivity contribution in [3.8, 4) is 0 Å². The topological polar surface area (TPSA) is 18.5 Å². The third kappa shape index (κ3) is 2.96. The molecule has 0 bridgehead atoms. The van der Waals surface area contributed by atoms with Crippen LogP contribution in [0.3, 0.4) is 0 Å². The molecule has 0 fully saturated rings. The second-order valence-electron chi connectivity index (χ2n) is 5.27. The molecule has 18 heavy (non-hydrogen) atoms. The van der Waals surface area contributed by atoms with Gasteiger partial charge in [0.05, 0.1) is 11.4 Å². The zero-order chi connectivity index (χ0) is 13.0. The SMILES string of the molecule is CCNCC(C)CN1CCN(C)c2ccccc21. The van der Waals surface area contributed by atoms with Crippen LogP contribution in [0.5, 0.6) is 0 Å². The van der Waals surface area contributed by atoms with Crippen LogP contribution >= 0.6 is 0 Å². The molecule has 1 aliphatic heterocycles. The van der Waals surface area contributed by atoms with E-state index in [-0.39, 0.29) is 0 Å². The highest BCUT2D eigenvalue weighted by Gasteiger charge is 2.20. The Morgan fingerprint density at radius 2 is 1.94 bits per heavy atom. The van der Waals surface area contributed by atoms with E-state index in [1.54, 1.807) is 0 Å². The Labute approximate surface area is 111 Å². The van der Waals surface area contributed by atoms with Crippen molar-refractivity contribution < 1.29 is 0 Å². The van der Waals surface area contributed by atoms with Crippen LogP contribution in [-0.4, -0.2) is 39.8 Å². The van der Waals surface area contributed by atoms with Gasteiger partial charge in [0.15, 0.2) is 0 Å². The van der Waals surface area contributed by atoms with Crippen molar-refractivity contribution in [2.24, 2.45) is 5.92 Å². The van der Waals surface area contributed by atoms with Crippen molar-refractivity contribution in [1.29, 1.82) is 0 Å².